The summed E-state index contributed by atoms with van der Waals surface area (Å²) in [6.45, 7) is 18.0. The smallest absolute Gasteiger partial charge is 0.0115 e. The molecule has 216 valence electrons. The van der Waals surface area contributed by atoms with Gasteiger partial charge >= 0.3 is 0 Å². The van der Waals surface area contributed by atoms with Crippen LogP contribution < -0.4 is 0 Å². The zero-order chi connectivity index (χ0) is 28.0. The Labute approximate surface area is 246 Å². The second-order valence-corrected chi connectivity index (χ2v) is 17.3. The lowest BCUT2D eigenvalue weighted by molar-refractivity contribution is 0.0831. The highest BCUT2D eigenvalue weighted by Crippen LogP contribution is 2.55. The van der Waals surface area contributed by atoms with E-state index in [0.29, 0.717) is 5.92 Å². The lowest BCUT2D eigenvalue weighted by Crippen LogP contribution is -2.39. The first kappa shape index (κ1) is 27.3. The van der Waals surface area contributed by atoms with Gasteiger partial charge in [0.15, 0.2) is 0 Å². The molecule has 6 atom stereocenters. The molecule has 0 N–H and O–H groups in total. The van der Waals surface area contributed by atoms with Gasteiger partial charge in [0.25, 0.3) is 0 Å². The molecule has 1 aromatic carbocycles. The van der Waals surface area contributed by atoms with E-state index in [1.807, 2.05) is 0 Å². The highest BCUT2D eigenvalue weighted by molar-refractivity contribution is 5.52. The average Bonchev–Trinajstić information content (AvgIpc) is 2.75. The Bertz CT molecular complexity index is 1260. The maximum Gasteiger partial charge on any atom is 0.0115 e. The third-order valence-electron chi connectivity index (χ3n) is 12.8. The highest BCUT2D eigenvalue weighted by atomic mass is 14.5. The van der Waals surface area contributed by atoms with Crippen molar-refractivity contribution in [3.05, 3.63) is 69.3 Å². The number of allylic oxidation sites excluding steroid dienone is 6. The Balaban J connectivity index is 1.41. The fourth-order valence-corrected chi connectivity index (χ4v) is 11.5. The summed E-state index contributed by atoms with van der Waals surface area (Å²) in [5.41, 5.74) is 12.3. The summed E-state index contributed by atoms with van der Waals surface area (Å²) >= 11 is 0. The standard InChI is InChI=1S/C40H56/c1-25-8-29-11-32(12-29)22-38(5,19-25)35-17-36(39(6)20-26(2)9-30-13-33(14-30)23-39)28(4)37(18-35)40(7)21-27(3)10-31-15-34(16-31)24-40/h9,17-18,22-23,25-27,29,31,34H,8,10-16,19-21,24H2,1-7H3. The van der Waals surface area contributed by atoms with Crippen molar-refractivity contribution in [2.75, 3.05) is 0 Å². The molecule has 1 aromatic rings. The Morgan fingerprint density at radius 3 is 2.02 bits per heavy atom. The monoisotopic (exact) mass is 536 g/mol. The fraction of sp³-hybridized carbons (Fsp3) is 0.700. The predicted octanol–water partition coefficient (Wildman–Crippen LogP) is 11.1. The van der Waals surface area contributed by atoms with E-state index in [1.165, 1.54) is 77.0 Å². The molecule has 0 aliphatic heterocycles. The van der Waals surface area contributed by atoms with Gasteiger partial charge in [-0.15, -0.1) is 0 Å². The number of fused-ring (bicyclic) bond motifs is 12. The van der Waals surface area contributed by atoms with Gasteiger partial charge in [-0.2, -0.15) is 0 Å². The van der Waals surface area contributed by atoms with Gasteiger partial charge in [0.05, 0.1) is 0 Å². The normalized spacial score (nSPS) is 44.4. The molecule has 5 saturated carbocycles. The van der Waals surface area contributed by atoms with Crippen LogP contribution in [0, 0.1) is 42.4 Å². The summed E-state index contributed by atoms with van der Waals surface area (Å²) in [5, 5.41) is 0. The minimum absolute atomic E-state index is 0.107. The summed E-state index contributed by atoms with van der Waals surface area (Å²) in [7, 11) is 0. The number of rotatable bonds is 3. The molecule has 10 rings (SSSR count). The van der Waals surface area contributed by atoms with E-state index < -0.39 is 0 Å². The van der Waals surface area contributed by atoms with E-state index in [-0.39, 0.29) is 16.2 Å². The maximum atomic E-state index is 2.77. The predicted molar refractivity (Wildman–Crippen MR) is 171 cm³/mol. The van der Waals surface area contributed by atoms with Gasteiger partial charge in [0, 0.05) is 10.8 Å². The van der Waals surface area contributed by atoms with Gasteiger partial charge < -0.3 is 0 Å². The van der Waals surface area contributed by atoms with Crippen LogP contribution in [0.25, 0.3) is 0 Å². The van der Waals surface area contributed by atoms with Crippen LogP contribution in [0.1, 0.15) is 141 Å². The van der Waals surface area contributed by atoms with Crippen molar-refractivity contribution in [1.82, 2.24) is 0 Å². The second kappa shape index (κ2) is 9.47. The van der Waals surface area contributed by atoms with Crippen molar-refractivity contribution in [2.24, 2.45) is 35.5 Å². The first-order valence-electron chi connectivity index (χ1n) is 17.2. The molecule has 0 amide bonds. The molecule has 6 unspecified atom stereocenters. The first-order valence-corrected chi connectivity index (χ1v) is 17.2. The van der Waals surface area contributed by atoms with Crippen molar-refractivity contribution >= 4 is 0 Å². The summed E-state index contributed by atoms with van der Waals surface area (Å²) < 4.78 is 0. The number of hydrogen-bond donors (Lipinski definition) is 0. The zero-order valence-electron chi connectivity index (χ0n) is 26.8. The Morgan fingerprint density at radius 2 is 1.27 bits per heavy atom. The van der Waals surface area contributed by atoms with Crippen molar-refractivity contribution in [3.8, 4) is 0 Å². The summed E-state index contributed by atoms with van der Waals surface area (Å²) in [5.74, 6) is 5.17. The molecule has 0 heterocycles. The quantitative estimate of drug-likeness (QED) is 0.337. The second-order valence-electron chi connectivity index (χ2n) is 17.3. The molecular weight excluding hydrogens is 480 g/mol. The van der Waals surface area contributed by atoms with E-state index in [0.717, 1.165) is 29.6 Å². The molecule has 6 bridgehead atoms. The summed E-state index contributed by atoms with van der Waals surface area (Å²) in [4.78, 5) is 0. The Kier molecular flexibility index (Phi) is 6.46. The molecule has 0 nitrogen and oxygen atoms in total. The summed E-state index contributed by atoms with van der Waals surface area (Å²) in [6.07, 6.45) is 24.5. The third-order valence-corrected chi connectivity index (χ3v) is 12.8. The maximum absolute atomic E-state index is 2.77. The molecule has 0 saturated heterocycles. The lowest BCUT2D eigenvalue weighted by Gasteiger charge is -2.49. The van der Waals surface area contributed by atoms with E-state index in [4.69, 9.17) is 0 Å². The minimum Gasteiger partial charge on any atom is -0.0818 e. The fourth-order valence-electron chi connectivity index (χ4n) is 11.5. The summed E-state index contributed by atoms with van der Waals surface area (Å²) in [6, 6.07) is 5.51. The van der Waals surface area contributed by atoms with E-state index in [9.17, 15) is 0 Å². The highest BCUT2D eigenvalue weighted by Gasteiger charge is 2.44. The Morgan fingerprint density at radius 1 is 0.625 bits per heavy atom. The van der Waals surface area contributed by atoms with Crippen molar-refractivity contribution < 1.29 is 0 Å². The van der Waals surface area contributed by atoms with E-state index in [1.54, 1.807) is 39.0 Å². The van der Waals surface area contributed by atoms with Gasteiger partial charge in [-0.25, -0.2) is 0 Å². The molecule has 0 spiro atoms. The van der Waals surface area contributed by atoms with Crippen LogP contribution in [0.15, 0.2) is 47.1 Å². The van der Waals surface area contributed by atoms with Crippen LogP contribution >= 0.6 is 0 Å². The lowest BCUT2D eigenvalue weighted by atomic mass is 9.56. The van der Waals surface area contributed by atoms with Gasteiger partial charge in [-0.05, 0) is 147 Å². The van der Waals surface area contributed by atoms with Crippen molar-refractivity contribution in [2.45, 2.75) is 142 Å². The van der Waals surface area contributed by atoms with Gasteiger partial charge in [-0.3, -0.25) is 0 Å². The van der Waals surface area contributed by atoms with Crippen LogP contribution in [-0.4, -0.2) is 0 Å². The molecule has 9 aliphatic rings. The minimum atomic E-state index is 0.107. The number of hydrogen-bond acceptors (Lipinski definition) is 0. The Hall–Kier alpha value is -1.56. The van der Waals surface area contributed by atoms with Crippen LogP contribution in [0.3, 0.4) is 0 Å². The molecule has 9 aliphatic carbocycles. The van der Waals surface area contributed by atoms with Crippen molar-refractivity contribution in [1.29, 1.82) is 0 Å². The van der Waals surface area contributed by atoms with Crippen LogP contribution in [0.2, 0.25) is 0 Å². The van der Waals surface area contributed by atoms with Crippen LogP contribution in [-0.2, 0) is 16.2 Å². The van der Waals surface area contributed by atoms with Gasteiger partial charge in [-0.1, -0.05) is 88.6 Å². The molecule has 40 heavy (non-hydrogen) atoms. The van der Waals surface area contributed by atoms with Crippen LogP contribution in [0.4, 0.5) is 0 Å². The molecule has 0 radical (unpaired) electrons. The molecule has 0 aromatic heterocycles. The molecule has 5 fully saturated rings. The average molecular weight is 537 g/mol. The molecular formula is C40H56. The van der Waals surface area contributed by atoms with E-state index >= 15 is 0 Å². The van der Waals surface area contributed by atoms with Gasteiger partial charge in [0.2, 0.25) is 0 Å². The topological polar surface area (TPSA) is 0 Å². The largest absolute Gasteiger partial charge is 0.0818 e. The first-order chi connectivity index (χ1) is 18.9. The van der Waals surface area contributed by atoms with Crippen molar-refractivity contribution in [3.63, 3.8) is 0 Å². The molecule has 0 heteroatoms. The third kappa shape index (κ3) is 4.72. The SMILES string of the molecule is Cc1c(C2(C)C=C3CC(=CC(C)C2)C3)cc(C2(C)C=C3CC(C3)CC(C)C2)cc1C1(C)CC(C)CC2CC(C2)C1. The van der Waals surface area contributed by atoms with Crippen LogP contribution in [0.5, 0.6) is 0 Å². The number of benzene rings is 1. The van der Waals surface area contributed by atoms with Gasteiger partial charge in [0.1, 0.15) is 0 Å². The van der Waals surface area contributed by atoms with E-state index in [2.05, 4.69) is 78.8 Å². The zero-order valence-corrected chi connectivity index (χ0v) is 26.8.